The third-order valence-corrected chi connectivity index (χ3v) is 5.14. The minimum atomic E-state index is -0.296. The van der Waals surface area contributed by atoms with E-state index in [1.54, 1.807) is 6.20 Å². The number of thioether (sulfide) groups is 1. The fraction of sp³-hybridized carbons (Fsp3) is 0.150. The number of nitrogens with zero attached hydrogens (tertiary/aromatic N) is 3. The average Bonchev–Trinajstić information content (AvgIpc) is 3.31. The number of nitrogens with one attached hydrogen (secondary N) is 2. The second-order valence-corrected chi connectivity index (χ2v) is 7.12. The number of fused-ring (bicyclic) bond motifs is 1. The number of rotatable bonds is 6. The van der Waals surface area contributed by atoms with Gasteiger partial charge in [0.1, 0.15) is 11.9 Å². The number of imidazole rings is 2. The monoisotopic (exact) mass is 377 g/mol. The van der Waals surface area contributed by atoms with Gasteiger partial charge in [-0.2, -0.15) is 0 Å². The molecule has 0 aliphatic carbocycles. The van der Waals surface area contributed by atoms with Gasteiger partial charge in [-0.3, -0.25) is 4.79 Å². The Morgan fingerprint density at radius 3 is 2.70 bits per heavy atom. The molecule has 7 heteroatoms. The van der Waals surface area contributed by atoms with Crippen LogP contribution < -0.4 is 5.32 Å². The molecule has 0 bridgehead atoms. The van der Waals surface area contributed by atoms with E-state index in [9.17, 15) is 4.79 Å². The molecule has 1 amide bonds. The van der Waals surface area contributed by atoms with Crippen LogP contribution in [-0.2, 0) is 11.8 Å². The first-order valence-corrected chi connectivity index (χ1v) is 9.58. The Bertz CT molecular complexity index is 1020. The van der Waals surface area contributed by atoms with Crippen LogP contribution in [0.2, 0.25) is 0 Å². The van der Waals surface area contributed by atoms with Gasteiger partial charge in [0.05, 0.1) is 16.8 Å². The third kappa shape index (κ3) is 3.88. The molecule has 1 atom stereocenters. The molecule has 6 nitrogen and oxygen atoms in total. The molecule has 0 saturated heterocycles. The lowest BCUT2D eigenvalue weighted by Gasteiger charge is -2.19. The Kier molecular flexibility index (Phi) is 4.93. The van der Waals surface area contributed by atoms with E-state index in [1.165, 1.54) is 11.8 Å². The SMILES string of the molecule is Cn1ccnc1C(NC(=O)CSc1nc2ccccc2[nH]1)c1ccccc1. The molecule has 2 N–H and O–H groups in total. The van der Waals surface area contributed by atoms with Gasteiger partial charge in [0.15, 0.2) is 5.16 Å². The van der Waals surface area contributed by atoms with Gasteiger partial charge in [-0.25, -0.2) is 9.97 Å². The van der Waals surface area contributed by atoms with Crippen molar-refractivity contribution in [2.24, 2.45) is 7.05 Å². The first-order valence-electron chi connectivity index (χ1n) is 8.60. The number of amides is 1. The Morgan fingerprint density at radius 2 is 1.96 bits per heavy atom. The van der Waals surface area contributed by atoms with Crippen molar-refractivity contribution in [1.29, 1.82) is 0 Å². The van der Waals surface area contributed by atoms with Crippen molar-refractivity contribution in [1.82, 2.24) is 24.8 Å². The van der Waals surface area contributed by atoms with E-state index >= 15 is 0 Å². The zero-order valence-corrected chi connectivity index (χ0v) is 15.6. The molecule has 0 radical (unpaired) electrons. The normalized spacial score (nSPS) is 12.2. The third-order valence-electron chi connectivity index (χ3n) is 4.26. The molecular formula is C20H19N5OS. The summed E-state index contributed by atoms with van der Waals surface area (Å²) < 4.78 is 1.92. The molecule has 0 spiro atoms. The van der Waals surface area contributed by atoms with Crippen molar-refractivity contribution in [2.75, 3.05) is 5.75 Å². The number of aryl methyl sites for hydroxylation is 1. The standard InChI is InChI=1S/C20H19N5OS/c1-25-12-11-21-19(25)18(14-7-3-2-4-8-14)24-17(26)13-27-20-22-15-9-5-6-10-16(15)23-20/h2-12,18H,13H2,1H3,(H,22,23)(H,24,26). The fourth-order valence-corrected chi connectivity index (χ4v) is 3.63. The van der Waals surface area contributed by atoms with Gasteiger partial charge in [0.25, 0.3) is 0 Å². The van der Waals surface area contributed by atoms with E-state index < -0.39 is 0 Å². The first-order chi connectivity index (χ1) is 13.2. The highest BCUT2D eigenvalue weighted by molar-refractivity contribution is 7.99. The van der Waals surface area contributed by atoms with Crippen molar-refractivity contribution in [3.8, 4) is 0 Å². The van der Waals surface area contributed by atoms with Crippen LogP contribution >= 0.6 is 11.8 Å². The fourth-order valence-electron chi connectivity index (χ4n) is 2.93. The van der Waals surface area contributed by atoms with Crippen LogP contribution in [0.25, 0.3) is 11.0 Å². The van der Waals surface area contributed by atoms with Gasteiger partial charge in [-0.15, -0.1) is 0 Å². The lowest BCUT2D eigenvalue weighted by Crippen LogP contribution is -2.32. The summed E-state index contributed by atoms with van der Waals surface area (Å²) in [6.45, 7) is 0. The van der Waals surface area contributed by atoms with Crippen LogP contribution in [0.4, 0.5) is 0 Å². The molecule has 0 fully saturated rings. The number of benzene rings is 2. The topological polar surface area (TPSA) is 75.6 Å². The van der Waals surface area contributed by atoms with Crippen molar-refractivity contribution in [3.63, 3.8) is 0 Å². The van der Waals surface area contributed by atoms with Crippen LogP contribution in [0, 0.1) is 0 Å². The number of carbonyl (C=O) groups is 1. The van der Waals surface area contributed by atoms with Crippen LogP contribution in [0.15, 0.2) is 72.1 Å². The zero-order chi connectivity index (χ0) is 18.6. The summed E-state index contributed by atoms with van der Waals surface area (Å²) in [5.74, 6) is 0.994. The van der Waals surface area contributed by atoms with E-state index in [2.05, 4.69) is 20.3 Å². The minimum Gasteiger partial charge on any atom is -0.341 e. The molecule has 4 aromatic rings. The minimum absolute atomic E-state index is 0.0719. The van der Waals surface area contributed by atoms with Crippen molar-refractivity contribution < 1.29 is 4.79 Å². The summed E-state index contributed by atoms with van der Waals surface area (Å²) in [4.78, 5) is 24.8. The molecule has 27 heavy (non-hydrogen) atoms. The summed E-state index contributed by atoms with van der Waals surface area (Å²) in [7, 11) is 1.92. The van der Waals surface area contributed by atoms with Crippen LogP contribution in [0.5, 0.6) is 0 Å². The van der Waals surface area contributed by atoms with Gasteiger partial charge in [-0.1, -0.05) is 54.2 Å². The predicted molar refractivity (Wildman–Crippen MR) is 106 cm³/mol. The molecule has 0 aliphatic heterocycles. The van der Waals surface area contributed by atoms with Crippen LogP contribution in [-0.4, -0.2) is 31.2 Å². The predicted octanol–water partition coefficient (Wildman–Crippen LogP) is 3.29. The zero-order valence-electron chi connectivity index (χ0n) is 14.8. The van der Waals surface area contributed by atoms with E-state index in [0.717, 1.165) is 27.6 Å². The number of hydrogen-bond donors (Lipinski definition) is 2. The van der Waals surface area contributed by atoms with Crippen LogP contribution in [0.3, 0.4) is 0 Å². The maximum Gasteiger partial charge on any atom is 0.231 e. The summed E-state index contributed by atoms with van der Waals surface area (Å²) >= 11 is 1.39. The molecule has 4 rings (SSSR count). The Labute approximate surface area is 161 Å². The Morgan fingerprint density at radius 1 is 1.19 bits per heavy atom. The summed E-state index contributed by atoms with van der Waals surface area (Å²) in [6.07, 6.45) is 3.61. The maximum atomic E-state index is 12.6. The highest BCUT2D eigenvalue weighted by atomic mass is 32.2. The van der Waals surface area contributed by atoms with Gasteiger partial charge in [0.2, 0.25) is 5.91 Å². The van der Waals surface area contributed by atoms with Gasteiger partial charge < -0.3 is 14.9 Å². The summed E-state index contributed by atoms with van der Waals surface area (Å²) in [5.41, 5.74) is 2.86. The van der Waals surface area contributed by atoms with E-state index in [0.29, 0.717) is 0 Å². The molecule has 0 aliphatic rings. The van der Waals surface area contributed by atoms with Gasteiger partial charge >= 0.3 is 0 Å². The number of para-hydroxylation sites is 2. The molecule has 136 valence electrons. The highest BCUT2D eigenvalue weighted by Crippen LogP contribution is 2.22. The smallest absolute Gasteiger partial charge is 0.231 e. The molecule has 2 aromatic carbocycles. The second-order valence-electron chi connectivity index (χ2n) is 6.16. The number of aromatic amines is 1. The number of H-pyrrole nitrogens is 1. The van der Waals surface area contributed by atoms with E-state index in [-0.39, 0.29) is 17.7 Å². The van der Waals surface area contributed by atoms with Crippen LogP contribution in [0.1, 0.15) is 17.4 Å². The first kappa shape index (κ1) is 17.4. The second kappa shape index (κ2) is 7.67. The van der Waals surface area contributed by atoms with Gasteiger partial charge in [0, 0.05) is 19.4 Å². The largest absolute Gasteiger partial charge is 0.341 e. The number of aromatic nitrogens is 4. The molecule has 2 heterocycles. The maximum absolute atomic E-state index is 12.6. The Hall–Kier alpha value is -3.06. The average molecular weight is 377 g/mol. The van der Waals surface area contributed by atoms with Crippen molar-refractivity contribution >= 4 is 28.7 Å². The van der Waals surface area contributed by atoms with E-state index in [1.807, 2.05) is 72.4 Å². The van der Waals surface area contributed by atoms with Gasteiger partial charge in [-0.05, 0) is 17.7 Å². The highest BCUT2D eigenvalue weighted by Gasteiger charge is 2.20. The number of hydrogen-bond acceptors (Lipinski definition) is 4. The van der Waals surface area contributed by atoms with Crippen molar-refractivity contribution in [2.45, 2.75) is 11.2 Å². The summed E-state index contributed by atoms with van der Waals surface area (Å²) in [6, 6.07) is 17.4. The molecule has 1 unspecified atom stereocenters. The van der Waals surface area contributed by atoms with E-state index in [4.69, 9.17) is 0 Å². The lowest BCUT2D eigenvalue weighted by atomic mass is 10.1. The lowest BCUT2D eigenvalue weighted by molar-refractivity contribution is -0.119. The summed E-state index contributed by atoms with van der Waals surface area (Å²) in [5, 5.41) is 3.83. The molecule has 0 saturated carbocycles. The number of carbonyl (C=O) groups excluding carboxylic acids is 1. The molecule has 2 aromatic heterocycles. The van der Waals surface area contributed by atoms with Crippen molar-refractivity contribution in [3.05, 3.63) is 78.4 Å². The Balaban J connectivity index is 1.47. The quantitative estimate of drug-likeness (QED) is 0.506. The molecular weight excluding hydrogens is 358 g/mol.